The van der Waals surface area contributed by atoms with E-state index in [0.717, 1.165) is 22.6 Å². The molecule has 2 aromatic carbocycles. The van der Waals surface area contributed by atoms with Gasteiger partial charge in [-0.25, -0.2) is 0 Å². The standard InChI is InChI=1S/C20H19F3N4OS/c1-3-27-17(9-10-24-27)19(28)25-15-7-8-18(13(2)11-15)29-26-16-6-4-5-14(12-16)20(21,22)23/h4-12,26H,3H2,1-2H3,(H,25,28). The van der Waals surface area contributed by atoms with Crippen LogP contribution in [-0.4, -0.2) is 15.7 Å². The zero-order valence-electron chi connectivity index (χ0n) is 15.7. The lowest BCUT2D eigenvalue weighted by molar-refractivity contribution is -0.137. The molecule has 0 fully saturated rings. The van der Waals surface area contributed by atoms with E-state index in [1.165, 1.54) is 18.0 Å². The SMILES string of the molecule is CCn1nccc1C(=O)Nc1ccc(SNc2cccc(C(F)(F)F)c2)c(C)c1. The quantitative estimate of drug-likeness (QED) is 0.510. The molecule has 3 rings (SSSR count). The third-order valence-electron chi connectivity index (χ3n) is 4.15. The molecule has 0 saturated carbocycles. The van der Waals surface area contributed by atoms with Gasteiger partial charge in [0, 0.05) is 29.0 Å². The summed E-state index contributed by atoms with van der Waals surface area (Å²) in [5.74, 6) is -0.258. The van der Waals surface area contributed by atoms with Crippen LogP contribution < -0.4 is 10.0 Å². The Kier molecular flexibility index (Phi) is 6.17. The smallest absolute Gasteiger partial charge is 0.326 e. The molecule has 1 amide bonds. The van der Waals surface area contributed by atoms with Crippen LogP contribution in [0, 0.1) is 6.92 Å². The molecule has 9 heteroatoms. The van der Waals surface area contributed by atoms with Gasteiger partial charge in [0.15, 0.2) is 0 Å². The number of carbonyl (C=O) groups excluding carboxylic acids is 1. The van der Waals surface area contributed by atoms with Crippen molar-refractivity contribution in [2.24, 2.45) is 0 Å². The zero-order chi connectivity index (χ0) is 21.0. The van der Waals surface area contributed by atoms with Crippen LogP contribution in [0.3, 0.4) is 0 Å². The van der Waals surface area contributed by atoms with Crippen molar-refractivity contribution in [3.63, 3.8) is 0 Å². The number of aromatic nitrogens is 2. The van der Waals surface area contributed by atoms with Crippen LogP contribution >= 0.6 is 11.9 Å². The van der Waals surface area contributed by atoms with Crippen LogP contribution in [0.2, 0.25) is 0 Å². The molecule has 0 spiro atoms. The van der Waals surface area contributed by atoms with Gasteiger partial charge in [0.05, 0.1) is 5.56 Å². The number of nitrogens with zero attached hydrogens (tertiary/aromatic N) is 2. The molecular weight excluding hydrogens is 401 g/mol. The number of hydrogen-bond acceptors (Lipinski definition) is 4. The third kappa shape index (κ3) is 5.11. The predicted molar refractivity (Wildman–Crippen MR) is 108 cm³/mol. The molecule has 0 unspecified atom stereocenters. The fourth-order valence-electron chi connectivity index (χ4n) is 2.69. The van der Waals surface area contributed by atoms with E-state index in [-0.39, 0.29) is 5.91 Å². The first-order chi connectivity index (χ1) is 13.8. The number of amides is 1. The molecule has 29 heavy (non-hydrogen) atoms. The zero-order valence-corrected chi connectivity index (χ0v) is 16.6. The summed E-state index contributed by atoms with van der Waals surface area (Å²) in [5.41, 5.74) is 1.62. The molecular formula is C20H19F3N4OS. The number of halogens is 3. The number of alkyl halides is 3. The molecule has 0 atom stereocenters. The number of carbonyl (C=O) groups is 1. The molecule has 0 radical (unpaired) electrons. The maximum Gasteiger partial charge on any atom is 0.416 e. The van der Waals surface area contributed by atoms with Crippen molar-refractivity contribution >= 4 is 29.2 Å². The van der Waals surface area contributed by atoms with Crippen molar-refractivity contribution < 1.29 is 18.0 Å². The van der Waals surface area contributed by atoms with Gasteiger partial charge in [-0.1, -0.05) is 6.07 Å². The van der Waals surface area contributed by atoms with E-state index in [1.807, 2.05) is 13.8 Å². The van der Waals surface area contributed by atoms with Crippen LogP contribution in [0.1, 0.15) is 28.5 Å². The van der Waals surface area contributed by atoms with E-state index in [1.54, 1.807) is 41.2 Å². The molecule has 152 valence electrons. The van der Waals surface area contributed by atoms with Crippen LogP contribution in [0.25, 0.3) is 0 Å². The topological polar surface area (TPSA) is 59.0 Å². The second kappa shape index (κ2) is 8.60. The first-order valence-corrected chi connectivity index (χ1v) is 9.63. The minimum absolute atomic E-state index is 0.258. The van der Waals surface area contributed by atoms with Gasteiger partial charge in [-0.15, -0.1) is 0 Å². The summed E-state index contributed by atoms with van der Waals surface area (Å²) in [4.78, 5) is 13.2. The monoisotopic (exact) mass is 420 g/mol. The van der Waals surface area contributed by atoms with E-state index in [0.29, 0.717) is 23.6 Å². The van der Waals surface area contributed by atoms with Gasteiger partial charge in [-0.05, 0) is 73.8 Å². The lowest BCUT2D eigenvalue weighted by Crippen LogP contribution is -2.17. The highest BCUT2D eigenvalue weighted by Gasteiger charge is 2.30. The van der Waals surface area contributed by atoms with Crippen LogP contribution in [0.4, 0.5) is 24.5 Å². The number of rotatable bonds is 6. The number of anilines is 2. The highest BCUT2D eigenvalue weighted by atomic mass is 32.2. The summed E-state index contributed by atoms with van der Waals surface area (Å²) in [6, 6.07) is 12.0. The van der Waals surface area contributed by atoms with E-state index >= 15 is 0 Å². The summed E-state index contributed by atoms with van der Waals surface area (Å²) in [6.45, 7) is 4.35. The molecule has 0 aliphatic carbocycles. The lowest BCUT2D eigenvalue weighted by atomic mass is 10.2. The summed E-state index contributed by atoms with van der Waals surface area (Å²) in [5, 5.41) is 6.91. The minimum atomic E-state index is -4.38. The van der Waals surface area contributed by atoms with Gasteiger partial charge in [0.25, 0.3) is 5.91 Å². The second-order valence-electron chi connectivity index (χ2n) is 6.25. The van der Waals surface area contributed by atoms with E-state index < -0.39 is 11.7 Å². The van der Waals surface area contributed by atoms with Gasteiger partial charge in [0.1, 0.15) is 5.69 Å². The van der Waals surface area contributed by atoms with E-state index in [9.17, 15) is 18.0 Å². The molecule has 1 aromatic heterocycles. The average Bonchev–Trinajstić information content (AvgIpc) is 3.16. The first-order valence-electron chi connectivity index (χ1n) is 8.82. The van der Waals surface area contributed by atoms with Gasteiger partial charge in [0.2, 0.25) is 0 Å². The average molecular weight is 420 g/mol. The Morgan fingerprint density at radius 3 is 2.62 bits per heavy atom. The van der Waals surface area contributed by atoms with Gasteiger partial charge in [-0.2, -0.15) is 18.3 Å². The van der Waals surface area contributed by atoms with Crippen LogP contribution in [-0.2, 0) is 12.7 Å². The second-order valence-corrected chi connectivity index (χ2v) is 7.10. The van der Waals surface area contributed by atoms with Gasteiger partial charge >= 0.3 is 6.18 Å². The number of nitrogens with one attached hydrogen (secondary N) is 2. The van der Waals surface area contributed by atoms with Gasteiger partial charge < -0.3 is 10.0 Å². The van der Waals surface area contributed by atoms with Crippen LogP contribution in [0.5, 0.6) is 0 Å². The van der Waals surface area contributed by atoms with Crippen molar-refractivity contribution in [3.05, 3.63) is 71.5 Å². The fraction of sp³-hybridized carbons (Fsp3) is 0.200. The van der Waals surface area contributed by atoms with E-state index in [2.05, 4.69) is 15.1 Å². The largest absolute Gasteiger partial charge is 0.416 e. The number of benzene rings is 2. The highest BCUT2D eigenvalue weighted by molar-refractivity contribution is 8.00. The Bertz CT molecular complexity index is 1020. The summed E-state index contributed by atoms with van der Waals surface area (Å²) < 4.78 is 43.0. The molecule has 1 heterocycles. The van der Waals surface area contributed by atoms with Crippen molar-refractivity contribution in [3.8, 4) is 0 Å². The molecule has 2 N–H and O–H groups in total. The number of hydrogen-bond donors (Lipinski definition) is 2. The van der Waals surface area contributed by atoms with Crippen LogP contribution in [0.15, 0.2) is 59.6 Å². The minimum Gasteiger partial charge on any atom is -0.326 e. The molecule has 3 aromatic rings. The molecule has 0 aliphatic heterocycles. The molecule has 0 saturated heterocycles. The molecule has 5 nitrogen and oxygen atoms in total. The maximum absolute atomic E-state index is 12.8. The van der Waals surface area contributed by atoms with E-state index in [4.69, 9.17) is 0 Å². The normalized spacial score (nSPS) is 11.3. The third-order valence-corrected chi connectivity index (χ3v) is 5.17. The highest BCUT2D eigenvalue weighted by Crippen LogP contribution is 2.32. The Morgan fingerprint density at radius 1 is 1.14 bits per heavy atom. The summed E-state index contributed by atoms with van der Waals surface area (Å²) >= 11 is 1.21. The molecule has 0 bridgehead atoms. The van der Waals surface area contributed by atoms with Crippen molar-refractivity contribution in [1.29, 1.82) is 0 Å². The Morgan fingerprint density at radius 2 is 1.93 bits per heavy atom. The Balaban J connectivity index is 1.66. The Hall–Kier alpha value is -2.94. The van der Waals surface area contributed by atoms with Crippen molar-refractivity contribution in [1.82, 2.24) is 9.78 Å². The molecule has 0 aliphatic rings. The number of aryl methyl sites for hydroxylation is 2. The van der Waals surface area contributed by atoms with Crippen molar-refractivity contribution in [2.75, 3.05) is 10.0 Å². The lowest BCUT2D eigenvalue weighted by Gasteiger charge is -2.12. The summed E-state index contributed by atoms with van der Waals surface area (Å²) in [7, 11) is 0. The van der Waals surface area contributed by atoms with Gasteiger partial charge in [-0.3, -0.25) is 9.48 Å². The first kappa shape index (κ1) is 20.8. The fourth-order valence-corrected chi connectivity index (χ4v) is 3.40. The maximum atomic E-state index is 12.8. The Labute approximate surface area is 170 Å². The van der Waals surface area contributed by atoms with Crippen molar-refractivity contribution in [2.45, 2.75) is 31.5 Å². The predicted octanol–water partition coefficient (Wildman–Crippen LogP) is 5.60. The summed E-state index contributed by atoms with van der Waals surface area (Å²) in [6.07, 6.45) is -2.81.